The Bertz CT molecular complexity index is 3100. The van der Waals surface area contributed by atoms with E-state index in [4.69, 9.17) is 34.8 Å². The van der Waals surface area contributed by atoms with Gasteiger partial charge in [-0.25, -0.2) is 0 Å². The molecule has 0 radical (unpaired) electrons. The van der Waals surface area contributed by atoms with Crippen molar-refractivity contribution in [3.05, 3.63) is 216 Å². The molecule has 3 N–H and O–H groups in total. The van der Waals surface area contributed by atoms with Gasteiger partial charge in [0, 0.05) is 32.6 Å². The summed E-state index contributed by atoms with van der Waals surface area (Å²) in [6.07, 6.45) is -10.4. The number of hydrogen-bond donors (Lipinski definition) is 3. The van der Waals surface area contributed by atoms with Crippen LogP contribution in [0.15, 0.2) is 151 Å². The predicted octanol–water partition coefficient (Wildman–Crippen LogP) is 15.2. The van der Waals surface area contributed by atoms with Crippen molar-refractivity contribution in [2.45, 2.75) is 80.0 Å². The highest BCUT2D eigenvalue weighted by atomic mass is 35.5. The molecule has 20 heteroatoms. The third-order valence-electron chi connectivity index (χ3n) is 13.3. The highest BCUT2D eigenvalue weighted by molar-refractivity contribution is 6.31. The maximum absolute atomic E-state index is 13.1. The number of nitrogens with zero attached hydrogens (tertiary/aromatic N) is 2. The van der Waals surface area contributed by atoms with E-state index in [1.165, 1.54) is 42.5 Å². The minimum absolute atomic E-state index is 0.299. The topological polar surface area (TPSA) is 135 Å². The molecule has 0 heterocycles. The molecule has 6 aromatic rings. The number of halogens is 12. The summed E-state index contributed by atoms with van der Waals surface area (Å²) < 4.78 is 118. The molecule has 76 heavy (non-hydrogen) atoms. The number of benzene rings is 6. The summed E-state index contributed by atoms with van der Waals surface area (Å²) in [5.74, 6) is -3.15. The monoisotopic (exact) mass is 1110 g/mol. The molecule has 3 aliphatic carbocycles. The van der Waals surface area contributed by atoms with Gasteiger partial charge in [-0.05, 0) is 134 Å². The van der Waals surface area contributed by atoms with E-state index >= 15 is 0 Å². The minimum atomic E-state index is -4.65. The normalized spacial score (nSPS) is 19.7. The fourth-order valence-electron chi connectivity index (χ4n) is 9.08. The van der Waals surface area contributed by atoms with Gasteiger partial charge in [-0.1, -0.05) is 108 Å². The van der Waals surface area contributed by atoms with Crippen LogP contribution in [0.4, 0.5) is 39.5 Å². The van der Waals surface area contributed by atoms with E-state index in [2.05, 4.69) is 28.1 Å². The minimum Gasteiger partial charge on any atom is -0.333 e. The third-order valence-corrected chi connectivity index (χ3v) is 14.1. The molecule has 0 aromatic heterocycles. The van der Waals surface area contributed by atoms with E-state index in [9.17, 15) is 64.4 Å². The maximum atomic E-state index is 13.1. The molecule has 9 rings (SSSR count). The zero-order valence-corrected chi connectivity index (χ0v) is 41.7. The number of carbonyl (C=O) groups excluding carboxylic acids is 3. The van der Waals surface area contributed by atoms with E-state index < -0.39 is 75.1 Å². The van der Waals surface area contributed by atoms with Crippen LogP contribution in [0.2, 0.25) is 15.1 Å². The SMILES string of the molecule is N#C[C@@]1(NC(=O)c2ccccc2C(F)(F)F)CC[C@@H]1c1ccc(Cl)cc1.N#C[C@]1(NC(=O)c2ccccc2C(F)(F)F)CC[C@@H]1c1ccc(Cl)cc1.O=C(NC1=C(c2ccc(Cl)cc2)CC1)c1ccccc1C(F)(F)F. The Labute approximate surface area is 445 Å². The average Bonchev–Trinajstić information content (AvgIpc) is 3.38. The van der Waals surface area contributed by atoms with Crippen LogP contribution in [0, 0.1) is 22.7 Å². The van der Waals surface area contributed by atoms with E-state index in [0.29, 0.717) is 52.9 Å². The van der Waals surface area contributed by atoms with Gasteiger partial charge < -0.3 is 16.0 Å². The van der Waals surface area contributed by atoms with Crippen LogP contribution in [-0.2, 0) is 18.5 Å². The van der Waals surface area contributed by atoms with Crippen LogP contribution in [0.3, 0.4) is 0 Å². The summed E-state index contributed by atoms with van der Waals surface area (Å²) in [6.45, 7) is 0. The number of alkyl halides is 9. The lowest BCUT2D eigenvalue weighted by Gasteiger charge is -2.45. The number of hydrogen-bond acceptors (Lipinski definition) is 5. The fourth-order valence-corrected chi connectivity index (χ4v) is 9.46. The van der Waals surface area contributed by atoms with Crippen molar-refractivity contribution >= 4 is 58.1 Å². The first-order valence-electron chi connectivity index (χ1n) is 23.2. The van der Waals surface area contributed by atoms with Gasteiger partial charge in [-0.2, -0.15) is 50.0 Å². The van der Waals surface area contributed by atoms with Crippen LogP contribution in [0.1, 0.15) is 115 Å². The van der Waals surface area contributed by atoms with Crippen molar-refractivity contribution in [1.29, 1.82) is 10.5 Å². The second-order valence-electron chi connectivity index (χ2n) is 17.9. The lowest BCUT2D eigenvalue weighted by atomic mass is 9.64. The number of nitrogens with one attached hydrogen (secondary N) is 3. The van der Waals surface area contributed by atoms with Crippen LogP contribution < -0.4 is 16.0 Å². The first-order valence-corrected chi connectivity index (χ1v) is 24.3. The lowest BCUT2D eigenvalue weighted by molar-refractivity contribution is -0.138. The summed E-state index contributed by atoms with van der Waals surface area (Å²) in [5, 5.41) is 28.6. The second kappa shape index (κ2) is 22.9. The first-order chi connectivity index (χ1) is 35.9. The first kappa shape index (κ1) is 56.4. The highest BCUT2D eigenvalue weighted by Crippen LogP contribution is 2.48. The molecule has 0 saturated heterocycles. The van der Waals surface area contributed by atoms with Gasteiger partial charge in [0.2, 0.25) is 0 Å². The zero-order chi connectivity index (χ0) is 55.2. The Morgan fingerprint density at radius 1 is 0.474 bits per heavy atom. The predicted molar refractivity (Wildman–Crippen MR) is 268 cm³/mol. The zero-order valence-electron chi connectivity index (χ0n) is 39.4. The van der Waals surface area contributed by atoms with Gasteiger partial charge in [-0.15, -0.1) is 0 Å². The number of allylic oxidation sites excluding steroid dienone is 2. The Hall–Kier alpha value is -7.31. The summed E-state index contributed by atoms with van der Waals surface area (Å²) in [5.41, 5.74) is -2.69. The van der Waals surface area contributed by atoms with Crippen molar-refractivity contribution in [3.63, 3.8) is 0 Å². The van der Waals surface area contributed by atoms with Crippen molar-refractivity contribution < 1.29 is 53.9 Å². The Morgan fingerprint density at radius 3 is 1.09 bits per heavy atom. The van der Waals surface area contributed by atoms with Crippen molar-refractivity contribution in [1.82, 2.24) is 16.0 Å². The third kappa shape index (κ3) is 12.7. The van der Waals surface area contributed by atoms with Crippen molar-refractivity contribution in [3.8, 4) is 12.1 Å². The van der Waals surface area contributed by atoms with Gasteiger partial charge in [0.05, 0.1) is 45.5 Å². The number of amides is 3. The van der Waals surface area contributed by atoms with E-state index in [0.717, 1.165) is 59.0 Å². The molecule has 0 bridgehead atoms. The largest absolute Gasteiger partial charge is 0.417 e. The van der Waals surface area contributed by atoms with Crippen LogP contribution in [0.5, 0.6) is 0 Å². The maximum Gasteiger partial charge on any atom is 0.417 e. The second-order valence-corrected chi connectivity index (χ2v) is 19.2. The fraction of sp³-hybridized carbons (Fsp3) is 0.232. The van der Waals surface area contributed by atoms with Gasteiger partial charge in [-0.3, -0.25) is 14.4 Å². The van der Waals surface area contributed by atoms with Gasteiger partial charge >= 0.3 is 18.5 Å². The molecule has 0 unspecified atom stereocenters. The molecule has 4 atom stereocenters. The Morgan fingerprint density at radius 2 is 0.803 bits per heavy atom. The number of nitriles is 2. The van der Waals surface area contributed by atoms with Gasteiger partial charge in [0.25, 0.3) is 17.7 Å². The van der Waals surface area contributed by atoms with Crippen molar-refractivity contribution in [2.24, 2.45) is 0 Å². The van der Waals surface area contributed by atoms with Gasteiger partial charge in [0.15, 0.2) is 0 Å². The standard InChI is InChI=1S/2C19H14ClF3N2O.C18H13ClF3NO/c2*20-13-7-5-12(6-8-13)15-9-10-18(15,11-24)25-17(26)14-3-1-2-4-16(14)19(21,22)23;19-12-7-5-11(6-8-12)13-9-10-16(13)23-17(24)14-3-1-2-4-15(14)18(20,21)22/h2*1-8,15H,9-10H2,(H,25,26);1-8H,9-10H2,(H,23,24)/t15-,18+;15-,18-;/m11./s1. The quantitative estimate of drug-likeness (QED) is 0.124. The molecule has 392 valence electrons. The van der Waals surface area contributed by atoms with Crippen LogP contribution in [0.25, 0.3) is 5.57 Å². The van der Waals surface area contributed by atoms with Gasteiger partial charge in [0.1, 0.15) is 11.1 Å². The summed E-state index contributed by atoms with van der Waals surface area (Å²) in [7, 11) is 0. The summed E-state index contributed by atoms with van der Waals surface area (Å²) >= 11 is 17.6. The molecular weight excluding hydrogens is 1070 g/mol. The molecule has 2 fully saturated rings. The molecule has 0 aliphatic heterocycles. The number of carbonyl (C=O) groups is 3. The molecule has 6 aromatic carbocycles. The molecule has 0 spiro atoms. The molecule has 8 nitrogen and oxygen atoms in total. The highest BCUT2D eigenvalue weighted by Gasteiger charge is 2.51. The van der Waals surface area contributed by atoms with E-state index in [1.807, 2.05) is 12.1 Å². The molecular formula is C56H41Cl3F9N5O3. The Balaban J connectivity index is 0.000000166. The molecule has 3 amide bonds. The summed E-state index contributed by atoms with van der Waals surface area (Å²) in [6, 6.07) is 38.9. The van der Waals surface area contributed by atoms with E-state index in [1.54, 1.807) is 60.7 Å². The van der Waals surface area contributed by atoms with Crippen molar-refractivity contribution in [2.75, 3.05) is 0 Å². The van der Waals surface area contributed by atoms with Crippen LogP contribution >= 0.6 is 34.8 Å². The smallest absolute Gasteiger partial charge is 0.333 e. The van der Waals surface area contributed by atoms with Crippen LogP contribution in [-0.4, -0.2) is 28.8 Å². The summed E-state index contributed by atoms with van der Waals surface area (Å²) in [4.78, 5) is 37.3. The lowest BCUT2D eigenvalue weighted by Crippen LogP contribution is -2.57. The average molecular weight is 1110 g/mol. The molecule has 3 aliphatic rings. The number of rotatable bonds is 9. The van der Waals surface area contributed by atoms with E-state index in [-0.39, 0.29) is 17.4 Å². The Kier molecular flexibility index (Phi) is 17.0. The molecule has 2 saturated carbocycles.